The summed E-state index contributed by atoms with van der Waals surface area (Å²) in [5.41, 5.74) is 1.01. The lowest BCUT2D eigenvalue weighted by Gasteiger charge is -2.20. The lowest BCUT2D eigenvalue weighted by molar-refractivity contribution is -0.140. The molecule has 0 aromatic carbocycles. The molecule has 18 heavy (non-hydrogen) atoms. The topological polar surface area (TPSA) is 78.4 Å². The second kappa shape index (κ2) is 6.39. The van der Waals surface area contributed by atoms with Crippen molar-refractivity contribution in [1.29, 1.82) is 0 Å². The number of amides is 2. The number of carboxylic acid groups (broad SMARTS) is 1. The van der Waals surface area contributed by atoms with Gasteiger partial charge in [0.05, 0.1) is 6.04 Å². The lowest BCUT2D eigenvalue weighted by Crippen LogP contribution is -2.49. The smallest absolute Gasteiger partial charge is 0.326 e. The minimum absolute atomic E-state index is 0.141. The highest BCUT2D eigenvalue weighted by Gasteiger charge is 2.23. The van der Waals surface area contributed by atoms with Crippen LogP contribution in [0.1, 0.15) is 32.4 Å². The number of nitrogens with one attached hydrogen (secondary N) is 2. The van der Waals surface area contributed by atoms with Gasteiger partial charge in [-0.25, -0.2) is 9.59 Å². The van der Waals surface area contributed by atoms with E-state index in [-0.39, 0.29) is 12.0 Å². The van der Waals surface area contributed by atoms with E-state index in [0.29, 0.717) is 0 Å². The quantitative estimate of drug-likeness (QED) is 0.767. The van der Waals surface area contributed by atoms with Gasteiger partial charge in [0.2, 0.25) is 0 Å². The van der Waals surface area contributed by atoms with Gasteiger partial charge in [-0.3, -0.25) is 0 Å². The maximum atomic E-state index is 11.7. The molecule has 2 amide bonds. The first-order chi connectivity index (χ1) is 8.41. The van der Waals surface area contributed by atoms with Crippen molar-refractivity contribution in [2.24, 2.45) is 5.92 Å². The van der Waals surface area contributed by atoms with E-state index in [9.17, 15) is 9.59 Å². The number of hydrogen-bond acceptors (Lipinski definition) is 3. The number of hydrogen-bond donors (Lipinski definition) is 3. The first kappa shape index (κ1) is 14.5. The Bertz CT molecular complexity index is 403. The van der Waals surface area contributed by atoms with E-state index in [4.69, 9.17) is 5.11 Å². The standard InChI is InChI=1S/C12H18N2O3S/c1-7(2)10(11(15)16)14-12(17)13-8(3)9-4-5-18-6-9/h4-8,10H,1-3H3,(H,15,16)(H2,13,14,17). The van der Waals surface area contributed by atoms with E-state index in [1.54, 1.807) is 25.2 Å². The van der Waals surface area contributed by atoms with Crippen LogP contribution < -0.4 is 10.6 Å². The molecule has 0 bridgehead atoms. The van der Waals surface area contributed by atoms with Crippen LogP contribution in [-0.2, 0) is 4.79 Å². The molecule has 2 unspecified atom stereocenters. The van der Waals surface area contributed by atoms with Crippen LogP contribution in [0.2, 0.25) is 0 Å². The Morgan fingerprint density at radius 2 is 1.94 bits per heavy atom. The van der Waals surface area contributed by atoms with E-state index in [0.717, 1.165) is 5.56 Å². The van der Waals surface area contributed by atoms with Crippen molar-refractivity contribution in [3.8, 4) is 0 Å². The Labute approximate surface area is 110 Å². The third-order valence-electron chi connectivity index (χ3n) is 2.61. The second-order valence-electron chi connectivity index (χ2n) is 4.46. The summed E-state index contributed by atoms with van der Waals surface area (Å²) < 4.78 is 0. The number of urea groups is 1. The first-order valence-electron chi connectivity index (χ1n) is 5.73. The summed E-state index contributed by atoms with van der Waals surface area (Å²) >= 11 is 1.55. The van der Waals surface area contributed by atoms with Gasteiger partial charge < -0.3 is 15.7 Å². The van der Waals surface area contributed by atoms with Gasteiger partial charge in [-0.2, -0.15) is 11.3 Å². The average Bonchev–Trinajstić information content (AvgIpc) is 2.78. The fraction of sp³-hybridized carbons (Fsp3) is 0.500. The number of carbonyl (C=O) groups is 2. The average molecular weight is 270 g/mol. The molecule has 0 spiro atoms. The van der Waals surface area contributed by atoms with Crippen LogP contribution in [0.3, 0.4) is 0 Å². The molecular formula is C12H18N2O3S. The molecule has 1 aromatic rings. The molecule has 0 radical (unpaired) electrons. The molecule has 0 aliphatic heterocycles. The van der Waals surface area contributed by atoms with Crippen LogP contribution in [0.25, 0.3) is 0 Å². The fourth-order valence-electron chi connectivity index (χ4n) is 1.50. The van der Waals surface area contributed by atoms with E-state index < -0.39 is 18.0 Å². The van der Waals surface area contributed by atoms with Crippen molar-refractivity contribution in [2.75, 3.05) is 0 Å². The van der Waals surface area contributed by atoms with Crippen molar-refractivity contribution in [1.82, 2.24) is 10.6 Å². The summed E-state index contributed by atoms with van der Waals surface area (Å²) in [6.45, 7) is 5.36. The summed E-state index contributed by atoms with van der Waals surface area (Å²) in [6, 6.07) is 0.444. The van der Waals surface area contributed by atoms with Gasteiger partial charge in [-0.05, 0) is 35.2 Å². The summed E-state index contributed by atoms with van der Waals surface area (Å²) in [5.74, 6) is -1.19. The Hall–Kier alpha value is -1.56. The van der Waals surface area contributed by atoms with Crippen molar-refractivity contribution in [3.05, 3.63) is 22.4 Å². The maximum Gasteiger partial charge on any atom is 0.326 e. The molecule has 1 heterocycles. The zero-order chi connectivity index (χ0) is 13.7. The predicted molar refractivity (Wildman–Crippen MR) is 70.7 cm³/mol. The van der Waals surface area contributed by atoms with Crippen LogP contribution in [0, 0.1) is 5.92 Å². The van der Waals surface area contributed by atoms with Crippen LogP contribution in [-0.4, -0.2) is 23.1 Å². The molecule has 0 aliphatic carbocycles. The molecule has 0 saturated heterocycles. The molecule has 0 aliphatic rings. The zero-order valence-corrected chi connectivity index (χ0v) is 11.5. The van der Waals surface area contributed by atoms with Gasteiger partial charge >= 0.3 is 12.0 Å². The Morgan fingerprint density at radius 3 is 2.39 bits per heavy atom. The monoisotopic (exact) mass is 270 g/mol. The first-order valence-corrected chi connectivity index (χ1v) is 6.68. The predicted octanol–water partition coefficient (Wildman–Crippen LogP) is 2.22. The molecule has 6 heteroatoms. The third-order valence-corrected chi connectivity index (χ3v) is 3.31. The molecular weight excluding hydrogens is 252 g/mol. The SMILES string of the molecule is CC(NC(=O)NC(C(=O)O)C(C)C)c1ccsc1. The van der Waals surface area contributed by atoms with E-state index in [1.807, 2.05) is 23.8 Å². The molecule has 100 valence electrons. The van der Waals surface area contributed by atoms with Gasteiger partial charge in [0.25, 0.3) is 0 Å². The van der Waals surface area contributed by atoms with Crippen LogP contribution in [0.4, 0.5) is 4.79 Å². The van der Waals surface area contributed by atoms with Crippen molar-refractivity contribution >= 4 is 23.3 Å². The number of carboxylic acids is 1. The summed E-state index contributed by atoms with van der Waals surface area (Å²) in [7, 11) is 0. The molecule has 1 rings (SSSR count). The third kappa shape index (κ3) is 4.03. The van der Waals surface area contributed by atoms with Gasteiger partial charge in [-0.1, -0.05) is 13.8 Å². The van der Waals surface area contributed by atoms with Crippen molar-refractivity contribution in [3.63, 3.8) is 0 Å². The second-order valence-corrected chi connectivity index (χ2v) is 5.24. The number of carbonyl (C=O) groups excluding carboxylic acids is 1. The summed E-state index contributed by atoms with van der Waals surface area (Å²) in [6.07, 6.45) is 0. The van der Waals surface area contributed by atoms with E-state index >= 15 is 0 Å². The highest BCUT2D eigenvalue weighted by Crippen LogP contribution is 2.15. The highest BCUT2D eigenvalue weighted by atomic mass is 32.1. The van der Waals surface area contributed by atoms with Crippen molar-refractivity contribution < 1.29 is 14.7 Å². The Morgan fingerprint density at radius 1 is 1.28 bits per heavy atom. The zero-order valence-electron chi connectivity index (χ0n) is 10.6. The minimum Gasteiger partial charge on any atom is -0.480 e. The van der Waals surface area contributed by atoms with Crippen LogP contribution in [0.5, 0.6) is 0 Å². The fourth-order valence-corrected chi connectivity index (χ4v) is 2.25. The molecule has 2 atom stereocenters. The lowest BCUT2D eigenvalue weighted by atomic mass is 10.1. The molecule has 0 fully saturated rings. The van der Waals surface area contributed by atoms with Gasteiger partial charge in [-0.15, -0.1) is 0 Å². The number of thiophene rings is 1. The molecule has 5 nitrogen and oxygen atoms in total. The Balaban J connectivity index is 2.53. The molecule has 1 aromatic heterocycles. The summed E-state index contributed by atoms with van der Waals surface area (Å²) in [5, 5.41) is 18.0. The van der Waals surface area contributed by atoms with Crippen LogP contribution >= 0.6 is 11.3 Å². The Kier molecular flexibility index (Phi) is 5.15. The number of aliphatic carboxylic acids is 1. The van der Waals surface area contributed by atoms with Crippen molar-refractivity contribution in [2.45, 2.75) is 32.9 Å². The minimum atomic E-state index is -1.02. The van der Waals surface area contributed by atoms with Gasteiger partial charge in [0.1, 0.15) is 6.04 Å². The summed E-state index contributed by atoms with van der Waals surface area (Å²) in [4.78, 5) is 22.6. The largest absolute Gasteiger partial charge is 0.480 e. The maximum absolute atomic E-state index is 11.7. The van der Waals surface area contributed by atoms with Gasteiger partial charge in [0.15, 0.2) is 0 Å². The van der Waals surface area contributed by atoms with Gasteiger partial charge in [0, 0.05) is 0 Å². The van der Waals surface area contributed by atoms with E-state index in [2.05, 4.69) is 10.6 Å². The molecule has 0 saturated carbocycles. The van der Waals surface area contributed by atoms with Crippen LogP contribution in [0.15, 0.2) is 16.8 Å². The van der Waals surface area contributed by atoms with E-state index in [1.165, 1.54) is 0 Å². The molecule has 3 N–H and O–H groups in total. The number of rotatable bonds is 5. The highest BCUT2D eigenvalue weighted by molar-refractivity contribution is 7.07. The normalized spacial score (nSPS) is 14.0.